The number of rotatable bonds is 6. The van der Waals surface area contributed by atoms with E-state index < -0.39 is 26.6 Å². The molecule has 0 bridgehead atoms. The van der Waals surface area contributed by atoms with Gasteiger partial charge in [-0.3, -0.25) is 0 Å². The van der Waals surface area contributed by atoms with Crippen molar-refractivity contribution in [3.05, 3.63) is 29.8 Å². The number of sulfonamides is 1. The highest BCUT2D eigenvalue weighted by Gasteiger charge is 2.25. The molecule has 7 heteroatoms. The first-order valence-electron chi connectivity index (χ1n) is 6.33. The highest BCUT2D eigenvalue weighted by atomic mass is 32.2. The van der Waals surface area contributed by atoms with E-state index in [1.54, 1.807) is 0 Å². The standard InChI is InChI=1S/C13H20F2N2O2S/c1-9(2)12(16)6-7-17(3)20(18,19)13-5-4-10(14)8-11(13)15/h4-5,8-9,12H,6-7,16H2,1-3H3. The summed E-state index contributed by atoms with van der Waals surface area (Å²) in [5, 5.41) is 0. The smallest absolute Gasteiger partial charge is 0.245 e. The molecule has 0 spiro atoms. The molecular formula is C13H20F2N2O2S. The highest BCUT2D eigenvalue weighted by molar-refractivity contribution is 7.89. The maximum absolute atomic E-state index is 13.6. The molecule has 1 unspecified atom stereocenters. The molecule has 0 amide bonds. The molecule has 0 aliphatic heterocycles. The van der Waals surface area contributed by atoms with E-state index in [4.69, 9.17) is 5.73 Å². The minimum Gasteiger partial charge on any atom is -0.327 e. The van der Waals surface area contributed by atoms with Crippen LogP contribution in [0.2, 0.25) is 0 Å². The number of hydrogen-bond donors (Lipinski definition) is 1. The monoisotopic (exact) mass is 306 g/mol. The Hall–Kier alpha value is -1.05. The van der Waals surface area contributed by atoms with Gasteiger partial charge in [0, 0.05) is 25.7 Å². The molecular weight excluding hydrogens is 286 g/mol. The van der Waals surface area contributed by atoms with E-state index in [-0.39, 0.29) is 18.5 Å². The van der Waals surface area contributed by atoms with Crippen molar-refractivity contribution in [2.24, 2.45) is 11.7 Å². The van der Waals surface area contributed by atoms with Crippen LogP contribution in [0, 0.1) is 17.6 Å². The Morgan fingerprint density at radius 2 is 1.90 bits per heavy atom. The summed E-state index contributed by atoms with van der Waals surface area (Å²) in [7, 11) is -2.62. The summed E-state index contributed by atoms with van der Waals surface area (Å²) in [6, 6.07) is 2.27. The first kappa shape index (κ1) is 17.0. The van der Waals surface area contributed by atoms with Crippen molar-refractivity contribution in [3.63, 3.8) is 0 Å². The lowest BCUT2D eigenvalue weighted by Crippen LogP contribution is -2.35. The predicted octanol–water partition coefficient (Wildman–Crippen LogP) is 1.96. The molecule has 114 valence electrons. The Balaban J connectivity index is 2.87. The lowest BCUT2D eigenvalue weighted by Gasteiger charge is -2.21. The second kappa shape index (κ2) is 6.60. The maximum Gasteiger partial charge on any atom is 0.245 e. The molecule has 1 aromatic carbocycles. The third kappa shape index (κ3) is 3.97. The second-order valence-electron chi connectivity index (χ2n) is 5.10. The number of halogens is 2. The molecule has 2 N–H and O–H groups in total. The largest absolute Gasteiger partial charge is 0.327 e. The van der Waals surface area contributed by atoms with E-state index in [1.807, 2.05) is 13.8 Å². The zero-order chi connectivity index (χ0) is 15.5. The fourth-order valence-corrected chi connectivity index (χ4v) is 2.86. The van der Waals surface area contributed by atoms with Gasteiger partial charge in [0.05, 0.1) is 0 Å². The second-order valence-corrected chi connectivity index (χ2v) is 7.11. The molecule has 1 aromatic rings. The van der Waals surface area contributed by atoms with Crippen LogP contribution in [0.1, 0.15) is 20.3 Å². The van der Waals surface area contributed by atoms with Crippen molar-refractivity contribution in [1.82, 2.24) is 4.31 Å². The summed E-state index contributed by atoms with van der Waals surface area (Å²) in [6.45, 7) is 4.07. The van der Waals surface area contributed by atoms with E-state index in [1.165, 1.54) is 7.05 Å². The Morgan fingerprint density at radius 3 is 2.40 bits per heavy atom. The van der Waals surface area contributed by atoms with Crippen LogP contribution in [0.5, 0.6) is 0 Å². The summed E-state index contributed by atoms with van der Waals surface area (Å²) >= 11 is 0. The normalized spacial score (nSPS) is 14.0. The molecule has 20 heavy (non-hydrogen) atoms. The van der Waals surface area contributed by atoms with E-state index in [0.717, 1.165) is 16.4 Å². The number of nitrogens with two attached hydrogens (primary N) is 1. The fraction of sp³-hybridized carbons (Fsp3) is 0.538. The molecule has 4 nitrogen and oxygen atoms in total. The Bertz CT molecular complexity index is 561. The van der Waals surface area contributed by atoms with Gasteiger partial charge in [0.15, 0.2) is 0 Å². The van der Waals surface area contributed by atoms with Crippen molar-refractivity contribution in [2.75, 3.05) is 13.6 Å². The molecule has 1 atom stereocenters. The van der Waals surface area contributed by atoms with E-state index in [0.29, 0.717) is 12.5 Å². The molecule has 1 rings (SSSR count). The van der Waals surface area contributed by atoms with Crippen LogP contribution in [-0.2, 0) is 10.0 Å². The first-order valence-corrected chi connectivity index (χ1v) is 7.77. The van der Waals surface area contributed by atoms with E-state index >= 15 is 0 Å². The van der Waals surface area contributed by atoms with Gasteiger partial charge in [0.1, 0.15) is 16.5 Å². The molecule has 0 saturated carbocycles. The summed E-state index contributed by atoms with van der Waals surface area (Å²) in [5.41, 5.74) is 5.85. The van der Waals surface area contributed by atoms with Gasteiger partial charge in [0.2, 0.25) is 10.0 Å². The van der Waals surface area contributed by atoms with Gasteiger partial charge in [-0.1, -0.05) is 13.8 Å². The maximum atomic E-state index is 13.6. The molecule has 0 aliphatic carbocycles. The minimum absolute atomic E-state index is 0.134. The highest BCUT2D eigenvalue weighted by Crippen LogP contribution is 2.19. The third-order valence-electron chi connectivity index (χ3n) is 3.22. The molecule has 0 radical (unpaired) electrons. The van der Waals surface area contributed by atoms with Crippen molar-refractivity contribution in [2.45, 2.75) is 31.2 Å². The lowest BCUT2D eigenvalue weighted by molar-refractivity contribution is 0.395. The van der Waals surface area contributed by atoms with Crippen LogP contribution in [0.15, 0.2) is 23.1 Å². The molecule has 0 saturated heterocycles. The predicted molar refractivity (Wildman–Crippen MR) is 73.6 cm³/mol. The van der Waals surface area contributed by atoms with Gasteiger partial charge in [-0.25, -0.2) is 21.5 Å². The molecule has 0 aromatic heterocycles. The van der Waals surface area contributed by atoms with Gasteiger partial charge >= 0.3 is 0 Å². The van der Waals surface area contributed by atoms with Gasteiger partial charge in [-0.15, -0.1) is 0 Å². The summed E-state index contributed by atoms with van der Waals surface area (Å²) in [4.78, 5) is -0.528. The number of hydrogen-bond acceptors (Lipinski definition) is 3. The third-order valence-corrected chi connectivity index (χ3v) is 5.11. The minimum atomic E-state index is -3.97. The zero-order valence-corrected chi connectivity index (χ0v) is 12.6. The van der Waals surface area contributed by atoms with Crippen molar-refractivity contribution < 1.29 is 17.2 Å². The van der Waals surface area contributed by atoms with E-state index in [2.05, 4.69) is 0 Å². The average Bonchev–Trinajstić information content (AvgIpc) is 2.34. The average molecular weight is 306 g/mol. The molecule has 0 fully saturated rings. The Morgan fingerprint density at radius 1 is 1.30 bits per heavy atom. The van der Waals surface area contributed by atoms with Crippen LogP contribution in [0.3, 0.4) is 0 Å². The topological polar surface area (TPSA) is 63.4 Å². The van der Waals surface area contributed by atoms with Crippen molar-refractivity contribution >= 4 is 10.0 Å². The number of nitrogens with zero attached hydrogens (tertiary/aromatic N) is 1. The van der Waals surface area contributed by atoms with Crippen molar-refractivity contribution in [1.29, 1.82) is 0 Å². The summed E-state index contributed by atoms with van der Waals surface area (Å²) < 4.78 is 51.7. The zero-order valence-electron chi connectivity index (χ0n) is 11.8. The number of benzene rings is 1. The quantitative estimate of drug-likeness (QED) is 0.874. The Kier molecular flexibility index (Phi) is 5.61. The van der Waals surface area contributed by atoms with Gasteiger partial charge in [0.25, 0.3) is 0 Å². The van der Waals surface area contributed by atoms with Crippen LogP contribution in [0.25, 0.3) is 0 Å². The lowest BCUT2D eigenvalue weighted by atomic mass is 10.0. The molecule has 0 aliphatic rings. The summed E-state index contributed by atoms with van der Waals surface area (Å²) in [6.07, 6.45) is 0.468. The van der Waals surface area contributed by atoms with Crippen LogP contribution >= 0.6 is 0 Å². The van der Waals surface area contributed by atoms with Crippen LogP contribution in [0.4, 0.5) is 8.78 Å². The summed E-state index contributed by atoms with van der Waals surface area (Å²) in [5.74, 6) is -1.68. The van der Waals surface area contributed by atoms with Gasteiger partial charge in [-0.2, -0.15) is 0 Å². The van der Waals surface area contributed by atoms with Crippen LogP contribution < -0.4 is 5.73 Å². The van der Waals surface area contributed by atoms with Gasteiger partial charge in [-0.05, 0) is 24.5 Å². The van der Waals surface area contributed by atoms with E-state index in [9.17, 15) is 17.2 Å². The van der Waals surface area contributed by atoms with Gasteiger partial charge < -0.3 is 5.73 Å². The SMILES string of the molecule is CC(C)C(N)CCN(C)S(=O)(=O)c1ccc(F)cc1F. The van der Waals surface area contributed by atoms with Crippen molar-refractivity contribution in [3.8, 4) is 0 Å². The van der Waals surface area contributed by atoms with Crippen LogP contribution in [-0.4, -0.2) is 32.4 Å². The first-order chi connectivity index (χ1) is 9.16. The Labute approximate surface area is 118 Å². The molecule has 0 heterocycles. The fourth-order valence-electron chi connectivity index (χ4n) is 1.64.